The van der Waals surface area contributed by atoms with Gasteiger partial charge in [0, 0.05) is 81.9 Å². The maximum Gasteiger partial charge on any atom is 0.249 e. The van der Waals surface area contributed by atoms with E-state index in [2.05, 4.69) is 88.0 Å². The summed E-state index contributed by atoms with van der Waals surface area (Å²) in [5.41, 5.74) is 2.53. The van der Waals surface area contributed by atoms with Gasteiger partial charge in [-0.1, -0.05) is 12.2 Å². The van der Waals surface area contributed by atoms with E-state index < -0.39 is 11.6 Å². The Morgan fingerprint density at radius 1 is 0.867 bits per heavy atom. The Balaban J connectivity index is 0.731. The Hall–Kier alpha value is -4.32. The van der Waals surface area contributed by atoms with Crippen LogP contribution in [0.5, 0.6) is 0 Å². The van der Waals surface area contributed by atoms with Crippen molar-refractivity contribution in [3.05, 3.63) is 60.4 Å². The molecule has 7 atom stereocenters. The topological polar surface area (TPSA) is 160 Å². The molecule has 2 aromatic carbocycles. The number of nitrogens with zero attached hydrogens (tertiary/aromatic N) is 5. The SMILES string of the molecule is CC1(O)CC/C=C\CN2C(=O)C3CNC(Nc4ccc(N5CCN(CC6CCN(c7ccc(NC8CCC(=O)NC8=O)cc7F)CC6)CC5)cc4)NC3N2C2CCCC1N2. The summed E-state index contributed by atoms with van der Waals surface area (Å²) in [6, 6.07) is 13.1. The summed E-state index contributed by atoms with van der Waals surface area (Å²) in [6.07, 6.45) is 10.8. The predicted molar refractivity (Wildman–Crippen MR) is 229 cm³/mol. The fourth-order valence-corrected chi connectivity index (χ4v) is 10.5. The van der Waals surface area contributed by atoms with Crippen molar-refractivity contribution >= 4 is 40.5 Å². The summed E-state index contributed by atoms with van der Waals surface area (Å²) in [4.78, 5) is 44.5. The minimum Gasteiger partial charge on any atom is -0.389 e. The third-order valence-electron chi connectivity index (χ3n) is 14.0. The van der Waals surface area contributed by atoms with Gasteiger partial charge in [0.05, 0.1) is 36.1 Å². The van der Waals surface area contributed by atoms with Gasteiger partial charge in [0.2, 0.25) is 17.7 Å². The van der Waals surface area contributed by atoms with Crippen LogP contribution in [-0.2, 0) is 14.4 Å². The van der Waals surface area contributed by atoms with Gasteiger partial charge in [-0.15, -0.1) is 0 Å². The van der Waals surface area contributed by atoms with E-state index in [1.807, 2.05) is 18.0 Å². The van der Waals surface area contributed by atoms with Gasteiger partial charge in [0.15, 0.2) is 0 Å². The lowest BCUT2D eigenvalue weighted by atomic mass is 9.85. The molecule has 2 aromatic rings. The number of benzene rings is 2. The van der Waals surface area contributed by atoms with Crippen LogP contribution in [0.2, 0.25) is 0 Å². The highest BCUT2D eigenvalue weighted by Crippen LogP contribution is 2.35. The summed E-state index contributed by atoms with van der Waals surface area (Å²) in [6.45, 7) is 9.65. The van der Waals surface area contributed by atoms with Crippen molar-refractivity contribution in [3.8, 4) is 0 Å². The van der Waals surface area contributed by atoms with E-state index in [0.717, 1.165) is 90.0 Å². The molecule has 2 bridgehead atoms. The molecule has 7 heterocycles. The Morgan fingerprint density at radius 2 is 1.65 bits per heavy atom. The molecule has 0 saturated carbocycles. The molecule has 0 aromatic heterocycles. The number of fused-ring (bicyclic) bond motifs is 6. The van der Waals surface area contributed by atoms with Crippen LogP contribution in [-0.4, -0.2) is 133 Å². The van der Waals surface area contributed by atoms with E-state index >= 15 is 4.39 Å². The molecule has 0 spiro atoms. The van der Waals surface area contributed by atoms with Gasteiger partial charge in [-0.25, -0.2) is 4.39 Å². The second kappa shape index (κ2) is 17.6. The molecule has 7 aliphatic heterocycles. The van der Waals surface area contributed by atoms with Crippen LogP contribution >= 0.6 is 0 Å². The molecule has 324 valence electrons. The first-order chi connectivity index (χ1) is 29.1. The maximum absolute atomic E-state index is 15.2. The van der Waals surface area contributed by atoms with E-state index in [-0.39, 0.29) is 60.5 Å². The smallest absolute Gasteiger partial charge is 0.249 e. The first kappa shape index (κ1) is 41.1. The lowest BCUT2D eigenvalue weighted by Crippen LogP contribution is -2.69. The monoisotopic (exact) mass is 827 g/mol. The molecule has 60 heavy (non-hydrogen) atoms. The number of hydrazine groups is 1. The Bertz CT molecular complexity index is 1900. The number of amides is 3. The number of piperidine rings is 3. The summed E-state index contributed by atoms with van der Waals surface area (Å²) in [5, 5.41) is 35.5. The van der Waals surface area contributed by atoms with Crippen molar-refractivity contribution in [2.24, 2.45) is 11.8 Å². The van der Waals surface area contributed by atoms with Crippen LogP contribution in [0, 0.1) is 17.7 Å². The molecule has 16 heteroatoms. The number of nitrogens with one attached hydrogen (secondary N) is 6. The summed E-state index contributed by atoms with van der Waals surface area (Å²) in [7, 11) is 0. The molecule has 0 aliphatic carbocycles. The molecular formula is C44H62FN11O4. The number of aliphatic hydroxyl groups is 1. The van der Waals surface area contributed by atoms with Gasteiger partial charge in [0.1, 0.15) is 18.1 Å². The first-order valence-electron chi connectivity index (χ1n) is 22.3. The first-order valence-corrected chi connectivity index (χ1v) is 22.3. The van der Waals surface area contributed by atoms with E-state index in [4.69, 9.17) is 0 Å². The third-order valence-corrected chi connectivity index (χ3v) is 14.0. The van der Waals surface area contributed by atoms with Crippen molar-refractivity contribution in [1.82, 2.24) is 36.2 Å². The normalized spacial score (nSPS) is 32.8. The van der Waals surface area contributed by atoms with Gasteiger partial charge >= 0.3 is 0 Å². The number of piperazine rings is 1. The molecule has 7 N–H and O–H groups in total. The number of halogens is 1. The molecule has 15 nitrogen and oxygen atoms in total. The molecule has 6 fully saturated rings. The largest absolute Gasteiger partial charge is 0.389 e. The van der Waals surface area contributed by atoms with Crippen molar-refractivity contribution in [2.75, 3.05) is 79.3 Å². The number of anilines is 4. The number of rotatable bonds is 8. The zero-order chi connectivity index (χ0) is 41.4. The predicted octanol–water partition coefficient (Wildman–Crippen LogP) is 2.54. The third kappa shape index (κ3) is 8.86. The number of imide groups is 1. The summed E-state index contributed by atoms with van der Waals surface area (Å²) in [5.74, 6) is -0.441. The highest BCUT2D eigenvalue weighted by molar-refractivity contribution is 6.01. The van der Waals surface area contributed by atoms with Gasteiger partial charge in [-0.2, -0.15) is 5.01 Å². The lowest BCUT2D eigenvalue weighted by Gasteiger charge is -2.47. The number of carbonyl (C=O) groups is 3. The van der Waals surface area contributed by atoms with E-state index in [1.54, 1.807) is 6.07 Å². The standard InChI is InChI=1S/C44H62FN11O4/c1-44(60)18-3-2-4-19-55-42(59)33-27-46-43(51-40(33)56(55)38-7-5-6-37(44)49-38)48-30-8-11-32(12-9-30)53-24-22-52(23-25-53)28-29-16-20-54(21-17-29)36-14-10-31(26-34(36)45)47-35-13-15-39(57)50-41(35)58/h2,4,8-12,14,26,29,33,35,37-38,40,43,46-49,51,60H,3,5-7,13,15-25,27-28H2,1H3,(H,50,57,58)/b4-2-. The number of hydrogen-bond donors (Lipinski definition) is 7. The molecular weight excluding hydrogens is 766 g/mol. The van der Waals surface area contributed by atoms with Crippen molar-refractivity contribution in [1.29, 1.82) is 0 Å². The highest BCUT2D eigenvalue weighted by atomic mass is 19.1. The van der Waals surface area contributed by atoms with Gasteiger partial charge in [-0.05, 0) is 107 Å². The van der Waals surface area contributed by atoms with Crippen LogP contribution in [0.4, 0.5) is 27.1 Å². The van der Waals surface area contributed by atoms with Crippen molar-refractivity contribution < 1.29 is 23.9 Å². The van der Waals surface area contributed by atoms with Crippen LogP contribution in [0.15, 0.2) is 54.6 Å². The Labute approximate surface area is 352 Å². The van der Waals surface area contributed by atoms with E-state index in [0.29, 0.717) is 43.2 Å². The molecule has 3 amide bonds. The second-order valence-electron chi connectivity index (χ2n) is 18.1. The zero-order valence-corrected chi connectivity index (χ0v) is 34.8. The van der Waals surface area contributed by atoms with E-state index in [9.17, 15) is 19.5 Å². The van der Waals surface area contributed by atoms with Crippen molar-refractivity contribution in [3.63, 3.8) is 0 Å². The average molecular weight is 828 g/mol. The molecule has 7 aliphatic rings. The molecule has 6 saturated heterocycles. The molecule has 0 radical (unpaired) electrons. The second-order valence-corrected chi connectivity index (χ2v) is 18.1. The maximum atomic E-state index is 15.2. The fraction of sp³-hybridized carbons (Fsp3) is 0.614. The van der Waals surface area contributed by atoms with Gasteiger partial charge in [-0.3, -0.25) is 45.6 Å². The number of carbonyl (C=O) groups excluding carboxylic acids is 3. The number of allylic oxidation sites excluding steroid dienone is 1. The van der Waals surface area contributed by atoms with Crippen LogP contribution in [0.25, 0.3) is 0 Å². The summed E-state index contributed by atoms with van der Waals surface area (Å²) >= 11 is 0. The van der Waals surface area contributed by atoms with Crippen LogP contribution in [0.3, 0.4) is 0 Å². The van der Waals surface area contributed by atoms with Gasteiger partial charge in [0.25, 0.3) is 0 Å². The average Bonchev–Trinajstić information content (AvgIpc) is 3.52. The van der Waals surface area contributed by atoms with Crippen molar-refractivity contribution in [2.45, 2.75) is 101 Å². The molecule has 7 unspecified atom stereocenters. The minimum absolute atomic E-state index is 0.0233. The summed E-state index contributed by atoms with van der Waals surface area (Å²) < 4.78 is 15.2. The quantitative estimate of drug-likeness (QED) is 0.154. The number of hydrogen-bond acceptors (Lipinski definition) is 13. The zero-order valence-electron chi connectivity index (χ0n) is 34.8. The lowest BCUT2D eigenvalue weighted by molar-refractivity contribution is -0.146. The van der Waals surface area contributed by atoms with Crippen LogP contribution in [0.1, 0.15) is 64.7 Å². The minimum atomic E-state index is -0.811. The Morgan fingerprint density at radius 3 is 2.42 bits per heavy atom. The highest BCUT2D eigenvalue weighted by Gasteiger charge is 2.52. The molecule has 9 rings (SSSR count). The van der Waals surface area contributed by atoms with Crippen LogP contribution < -0.4 is 41.7 Å². The Kier molecular flexibility index (Phi) is 12.0. The van der Waals surface area contributed by atoms with E-state index in [1.165, 1.54) is 11.8 Å². The fourth-order valence-electron chi connectivity index (χ4n) is 10.5. The van der Waals surface area contributed by atoms with Gasteiger partial charge < -0.3 is 25.5 Å².